The van der Waals surface area contributed by atoms with Crippen LogP contribution in [0.2, 0.25) is 0 Å². The van der Waals surface area contributed by atoms with E-state index in [1.807, 2.05) is 11.6 Å². The Morgan fingerprint density at radius 3 is 2.95 bits per heavy atom. The summed E-state index contributed by atoms with van der Waals surface area (Å²) in [5.74, 6) is 1.45. The molecule has 0 radical (unpaired) electrons. The summed E-state index contributed by atoms with van der Waals surface area (Å²) in [5, 5.41) is 4.29. The van der Waals surface area contributed by atoms with E-state index in [4.69, 9.17) is 4.74 Å². The normalized spacial score (nSPS) is 26.5. The quantitative estimate of drug-likeness (QED) is 0.892. The fraction of sp³-hybridized carbons (Fsp3) is 0.846. The van der Waals surface area contributed by atoms with Gasteiger partial charge in [0.05, 0.1) is 17.9 Å². The Kier molecular flexibility index (Phi) is 4.28. The maximum Gasteiger partial charge on any atom is 0.214 e. The van der Waals surface area contributed by atoms with Gasteiger partial charge in [0.1, 0.15) is 11.6 Å². The van der Waals surface area contributed by atoms with E-state index in [9.17, 15) is 8.42 Å². The van der Waals surface area contributed by atoms with E-state index < -0.39 is 10.0 Å². The zero-order valence-electron chi connectivity index (χ0n) is 12.3. The summed E-state index contributed by atoms with van der Waals surface area (Å²) in [5.41, 5.74) is 0. The Balaban J connectivity index is 1.68. The van der Waals surface area contributed by atoms with Gasteiger partial charge in [-0.15, -0.1) is 0 Å². The highest BCUT2D eigenvalue weighted by Crippen LogP contribution is 2.24. The molecule has 1 aromatic rings. The first kappa shape index (κ1) is 14.9. The lowest BCUT2D eigenvalue weighted by Crippen LogP contribution is -2.39. The molecule has 2 aliphatic heterocycles. The number of hydrogen-bond donors (Lipinski definition) is 1. The van der Waals surface area contributed by atoms with Gasteiger partial charge in [-0.25, -0.2) is 22.8 Å². The van der Waals surface area contributed by atoms with Gasteiger partial charge in [0, 0.05) is 13.2 Å². The van der Waals surface area contributed by atoms with Crippen molar-refractivity contribution in [2.75, 3.05) is 12.4 Å². The van der Waals surface area contributed by atoms with E-state index in [-0.39, 0.29) is 17.9 Å². The predicted octanol–water partition coefficient (Wildman–Crippen LogP) is 0.910. The van der Waals surface area contributed by atoms with E-state index in [0.29, 0.717) is 12.4 Å². The molecule has 21 heavy (non-hydrogen) atoms. The Morgan fingerprint density at radius 2 is 2.19 bits per heavy atom. The summed E-state index contributed by atoms with van der Waals surface area (Å²) >= 11 is 0. The zero-order valence-corrected chi connectivity index (χ0v) is 13.1. The molecule has 0 aromatic carbocycles. The van der Waals surface area contributed by atoms with Crippen molar-refractivity contribution in [3.8, 4) is 0 Å². The average Bonchev–Trinajstić information content (AvgIpc) is 2.80. The van der Waals surface area contributed by atoms with Crippen molar-refractivity contribution in [2.45, 2.75) is 57.7 Å². The van der Waals surface area contributed by atoms with Gasteiger partial charge in [0.25, 0.3) is 0 Å². The summed E-state index contributed by atoms with van der Waals surface area (Å²) in [6, 6.07) is -0.270. The van der Waals surface area contributed by atoms with Crippen molar-refractivity contribution in [3.63, 3.8) is 0 Å². The monoisotopic (exact) mass is 314 g/mol. The second kappa shape index (κ2) is 6.02. The second-order valence-electron chi connectivity index (χ2n) is 5.82. The highest BCUT2D eigenvalue weighted by atomic mass is 32.2. The third kappa shape index (κ3) is 3.61. The van der Waals surface area contributed by atoms with Crippen LogP contribution in [0.4, 0.5) is 0 Å². The van der Waals surface area contributed by atoms with Crippen LogP contribution >= 0.6 is 0 Å². The number of hydrogen-bond acceptors (Lipinski definition) is 5. The minimum atomic E-state index is -3.37. The standard InChI is InChI=1S/C13H22N4O3S/c1-10-14-13-12(6-4-7-17(13)15-10)16-21(18,19)9-11-5-2-3-8-20-11/h11-12,16H,2-9H2,1H3/t11-,12+/m0/s1. The lowest BCUT2D eigenvalue weighted by molar-refractivity contribution is 0.0303. The SMILES string of the molecule is Cc1nc2n(n1)CCC[C@H]2NS(=O)(=O)C[C@@H]1CCCCO1. The molecule has 0 amide bonds. The molecule has 3 rings (SSSR count). The molecule has 0 bridgehead atoms. The van der Waals surface area contributed by atoms with Crippen LogP contribution in [-0.2, 0) is 21.3 Å². The van der Waals surface area contributed by atoms with E-state index >= 15 is 0 Å². The number of aryl methyl sites for hydroxylation is 2. The smallest absolute Gasteiger partial charge is 0.214 e. The molecular weight excluding hydrogens is 292 g/mol. The van der Waals surface area contributed by atoms with Crippen LogP contribution in [0.3, 0.4) is 0 Å². The van der Waals surface area contributed by atoms with E-state index in [1.54, 1.807) is 0 Å². The molecule has 1 aromatic heterocycles. The molecule has 0 aliphatic carbocycles. The lowest BCUT2D eigenvalue weighted by Gasteiger charge is -2.26. The molecule has 0 spiro atoms. The topological polar surface area (TPSA) is 86.1 Å². The number of sulfonamides is 1. The number of fused-ring (bicyclic) bond motifs is 1. The first-order valence-corrected chi connectivity index (χ1v) is 9.22. The third-order valence-electron chi connectivity index (χ3n) is 3.98. The second-order valence-corrected chi connectivity index (χ2v) is 7.62. The van der Waals surface area contributed by atoms with Crippen molar-refractivity contribution >= 4 is 10.0 Å². The number of nitrogens with one attached hydrogen (secondary N) is 1. The molecule has 1 saturated heterocycles. The van der Waals surface area contributed by atoms with Crippen molar-refractivity contribution < 1.29 is 13.2 Å². The summed E-state index contributed by atoms with van der Waals surface area (Å²) in [4.78, 5) is 4.36. The number of ether oxygens (including phenoxy) is 1. The van der Waals surface area contributed by atoms with E-state index in [0.717, 1.165) is 44.5 Å². The fourth-order valence-electron chi connectivity index (χ4n) is 3.03. The minimum absolute atomic E-state index is 0.0383. The van der Waals surface area contributed by atoms with Crippen LogP contribution in [0, 0.1) is 6.92 Å². The van der Waals surface area contributed by atoms with Gasteiger partial charge in [0.15, 0.2) is 0 Å². The molecule has 1 fully saturated rings. The lowest BCUT2D eigenvalue weighted by atomic mass is 10.1. The minimum Gasteiger partial charge on any atom is -0.377 e. The van der Waals surface area contributed by atoms with Gasteiger partial charge in [-0.05, 0) is 39.0 Å². The number of nitrogens with zero attached hydrogens (tertiary/aromatic N) is 3. The van der Waals surface area contributed by atoms with Gasteiger partial charge < -0.3 is 4.74 Å². The van der Waals surface area contributed by atoms with Crippen LogP contribution in [0.15, 0.2) is 0 Å². The summed E-state index contributed by atoms with van der Waals surface area (Å²) in [7, 11) is -3.37. The van der Waals surface area contributed by atoms with Gasteiger partial charge in [-0.1, -0.05) is 0 Å². The molecule has 118 valence electrons. The zero-order chi connectivity index (χ0) is 14.9. The number of aromatic nitrogens is 3. The summed E-state index contributed by atoms with van der Waals surface area (Å²) in [6.07, 6.45) is 4.37. The van der Waals surface area contributed by atoms with Crippen molar-refractivity contribution in [2.24, 2.45) is 0 Å². The third-order valence-corrected chi connectivity index (χ3v) is 5.44. The summed E-state index contributed by atoms with van der Waals surface area (Å²) < 4.78 is 34.8. The largest absolute Gasteiger partial charge is 0.377 e. The first-order chi connectivity index (χ1) is 10.0. The Hall–Kier alpha value is -0.990. The van der Waals surface area contributed by atoms with Crippen molar-refractivity contribution in [3.05, 3.63) is 11.6 Å². The van der Waals surface area contributed by atoms with E-state index in [2.05, 4.69) is 14.8 Å². The van der Waals surface area contributed by atoms with Crippen LogP contribution in [-0.4, -0.2) is 41.6 Å². The number of rotatable bonds is 4. The maximum atomic E-state index is 12.3. The Bertz CT molecular complexity index is 593. The van der Waals surface area contributed by atoms with Gasteiger partial charge in [-0.3, -0.25) is 0 Å². The molecule has 0 unspecified atom stereocenters. The highest BCUT2D eigenvalue weighted by Gasteiger charge is 2.29. The van der Waals surface area contributed by atoms with Crippen LogP contribution in [0.25, 0.3) is 0 Å². The molecule has 2 atom stereocenters. The molecular formula is C13H22N4O3S. The predicted molar refractivity (Wildman–Crippen MR) is 77.2 cm³/mol. The average molecular weight is 314 g/mol. The van der Waals surface area contributed by atoms with Crippen LogP contribution in [0.1, 0.15) is 49.8 Å². The molecule has 1 N–H and O–H groups in total. The van der Waals surface area contributed by atoms with Crippen molar-refractivity contribution in [1.29, 1.82) is 0 Å². The molecule has 8 heteroatoms. The van der Waals surface area contributed by atoms with Crippen LogP contribution < -0.4 is 4.72 Å². The van der Waals surface area contributed by atoms with Crippen LogP contribution in [0.5, 0.6) is 0 Å². The van der Waals surface area contributed by atoms with E-state index in [1.165, 1.54) is 0 Å². The molecule has 7 nitrogen and oxygen atoms in total. The molecule has 0 saturated carbocycles. The summed E-state index contributed by atoms with van der Waals surface area (Å²) in [6.45, 7) is 3.30. The van der Waals surface area contributed by atoms with Gasteiger partial charge in [-0.2, -0.15) is 5.10 Å². The van der Waals surface area contributed by atoms with Gasteiger partial charge >= 0.3 is 0 Å². The highest BCUT2D eigenvalue weighted by molar-refractivity contribution is 7.89. The molecule has 2 aliphatic rings. The van der Waals surface area contributed by atoms with Gasteiger partial charge in [0.2, 0.25) is 10.0 Å². The fourth-order valence-corrected chi connectivity index (χ4v) is 4.53. The Labute approximate surface area is 125 Å². The molecule has 3 heterocycles. The Morgan fingerprint density at radius 1 is 1.33 bits per heavy atom. The first-order valence-electron chi connectivity index (χ1n) is 7.56. The maximum absolute atomic E-state index is 12.3. The van der Waals surface area contributed by atoms with Crippen molar-refractivity contribution in [1.82, 2.24) is 19.5 Å².